The van der Waals surface area contributed by atoms with Gasteiger partial charge in [0.15, 0.2) is 11.2 Å². The minimum Gasteiger partial charge on any atom is -0.395 e. The van der Waals surface area contributed by atoms with Crippen molar-refractivity contribution in [2.45, 2.75) is 29.3 Å². The lowest BCUT2D eigenvalue weighted by Crippen LogP contribution is -2.45. The molecule has 0 radical (unpaired) electrons. The van der Waals surface area contributed by atoms with E-state index in [-0.39, 0.29) is 23.7 Å². The lowest BCUT2D eigenvalue weighted by molar-refractivity contribution is -0.0656. The summed E-state index contributed by atoms with van der Waals surface area (Å²) in [6.45, 7) is 1.17. The van der Waals surface area contributed by atoms with Gasteiger partial charge < -0.3 is 21.1 Å². The normalized spacial score (nSPS) is 32.9. The number of nitrogens with zero attached hydrogens (tertiary/aromatic N) is 3. The smallest absolute Gasteiger partial charge is 0.280 e. The molecule has 3 rings (SSSR count). The quantitative estimate of drug-likeness (QED) is 0.446. The van der Waals surface area contributed by atoms with Gasteiger partial charge in [-0.3, -0.25) is 14.3 Å². The van der Waals surface area contributed by atoms with Crippen LogP contribution in [0.5, 0.6) is 0 Å². The van der Waals surface area contributed by atoms with E-state index in [1.54, 1.807) is 0 Å². The SMILES string of the molecule is C[C@]1(O)[C@@H](CO)S[C@@H](n2cnc3c(=O)[nH]c(N)nc32)[C@@H]1O. The number of aromatic amines is 1. The first-order valence-corrected chi connectivity index (χ1v) is 7.19. The molecule has 1 saturated heterocycles. The van der Waals surface area contributed by atoms with Crippen molar-refractivity contribution in [1.29, 1.82) is 0 Å². The summed E-state index contributed by atoms with van der Waals surface area (Å²) in [6.07, 6.45) is 0.211. The average molecular weight is 313 g/mol. The highest BCUT2D eigenvalue weighted by molar-refractivity contribution is 8.00. The van der Waals surface area contributed by atoms with Crippen molar-refractivity contribution in [2.24, 2.45) is 0 Å². The third kappa shape index (κ3) is 2.02. The zero-order chi connectivity index (χ0) is 15.4. The van der Waals surface area contributed by atoms with Gasteiger partial charge in [0.2, 0.25) is 5.95 Å². The molecular formula is C11H15N5O4S. The summed E-state index contributed by atoms with van der Waals surface area (Å²) in [6, 6.07) is 0. The Bertz CT molecular complexity index is 742. The van der Waals surface area contributed by atoms with Crippen molar-refractivity contribution >= 4 is 28.9 Å². The molecule has 1 aliphatic heterocycles. The predicted molar refractivity (Wildman–Crippen MR) is 76.7 cm³/mol. The van der Waals surface area contributed by atoms with Crippen LogP contribution in [-0.4, -0.2) is 58.4 Å². The molecule has 1 aliphatic rings. The number of fused-ring (bicyclic) bond motifs is 1. The summed E-state index contributed by atoms with van der Waals surface area (Å²) in [4.78, 5) is 22.1. The number of nitrogens with one attached hydrogen (secondary N) is 1. The van der Waals surface area contributed by atoms with E-state index in [9.17, 15) is 20.1 Å². The van der Waals surface area contributed by atoms with Gasteiger partial charge >= 0.3 is 0 Å². The van der Waals surface area contributed by atoms with Crippen LogP contribution in [0, 0.1) is 0 Å². The van der Waals surface area contributed by atoms with Crippen LogP contribution in [0.15, 0.2) is 11.1 Å². The van der Waals surface area contributed by atoms with E-state index in [2.05, 4.69) is 15.0 Å². The molecule has 3 heterocycles. The molecule has 2 aromatic heterocycles. The Morgan fingerprint density at radius 2 is 2.33 bits per heavy atom. The Balaban J connectivity index is 2.12. The molecule has 10 heteroatoms. The molecule has 0 saturated carbocycles. The summed E-state index contributed by atoms with van der Waals surface area (Å²) in [5.74, 6) is -0.0581. The molecule has 0 unspecified atom stereocenters. The van der Waals surface area contributed by atoms with Gasteiger partial charge in [0.05, 0.1) is 18.2 Å². The molecule has 21 heavy (non-hydrogen) atoms. The number of nitrogen functional groups attached to an aromatic ring is 1. The second kappa shape index (κ2) is 4.70. The Labute approximate surface area is 122 Å². The fourth-order valence-electron chi connectivity index (χ4n) is 2.43. The number of aliphatic hydroxyl groups excluding tert-OH is 2. The Hall–Kier alpha value is -1.62. The molecule has 0 aromatic carbocycles. The van der Waals surface area contributed by atoms with Crippen molar-refractivity contribution in [3.05, 3.63) is 16.7 Å². The standard InChI is InChI=1S/C11H15N5O4S/c1-11(20)4(2-17)21-9(6(11)18)16-3-13-5-7(16)14-10(12)15-8(5)19/h3-4,6,9,17-18,20H,2H2,1H3,(H3,12,14,15,19)/t4-,6+,9-,11+/m1/s1. The van der Waals surface area contributed by atoms with Gasteiger partial charge in [0, 0.05) is 0 Å². The lowest BCUT2D eigenvalue weighted by Gasteiger charge is -2.26. The summed E-state index contributed by atoms with van der Waals surface area (Å²) in [7, 11) is 0. The number of hydrogen-bond donors (Lipinski definition) is 5. The molecule has 0 bridgehead atoms. The average Bonchev–Trinajstić information content (AvgIpc) is 2.91. The van der Waals surface area contributed by atoms with Crippen molar-refractivity contribution in [3.8, 4) is 0 Å². The van der Waals surface area contributed by atoms with E-state index >= 15 is 0 Å². The fourth-order valence-corrected chi connectivity index (χ4v) is 3.98. The van der Waals surface area contributed by atoms with Crippen LogP contribution < -0.4 is 11.3 Å². The molecular weight excluding hydrogens is 298 g/mol. The van der Waals surface area contributed by atoms with E-state index in [0.29, 0.717) is 0 Å². The maximum absolute atomic E-state index is 11.7. The molecule has 4 atom stereocenters. The number of aliphatic hydroxyl groups is 3. The minimum atomic E-state index is -1.46. The van der Waals surface area contributed by atoms with Crippen molar-refractivity contribution in [1.82, 2.24) is 19.5 Å². The van der Waals surface area contributed by atoms with E-state index in [1.807, 2.05) is 0 Å². The van der Waals surface area contributed by atoms with Crippen molar-refractivity contribution < 1.29 is 15.3 Å². The maximum atomic E-state index is 11.7. The number of thioether (sulfide) groups is 1. The Morgan fingerprint density at radius 3 is 2.95 bits per heavy atom. The second-order valence-electron chi connectivity index (χ2n) is 5.14. The minimum absolute atomic E-state index is 0.0581. The van der Waals surface area contributed by atoms with Crippen molar-refractivity contribution in [3.63, 3.8) is 0 Å². The summed E-state index contributed by atoms with van der Waals surface area (Å²) >= 11 is 1.19. The highest BCUT2D eigenvalue weighted by Crippen LogP contribution is 2.48. The van der Waals surface area contributed by atoms with Crippen LogP contribution in [0.25, 0.3) is 11.2 Å². The van der Waals surface area contributed by atoms with Gasteiger partial charge in [-0.1, -0.05) is 0 Å². The van der Waals surface area contributed by atoms with Gasteiger partial charge in [-0.15, -0.1) is 11.8 Å². The Kier molecular flexibility index (Phi) is 3.20. The van der Waals surface area contributed by atoms with Gasteiger partial charge in [-0.25, -0.2) is 4.98 Å². The van der Waals surface area contributed by atoms with Gasteiger partial charge in [-0.05, 0) is 6.92 Å². The fraction of sp³-hybridized carbons (Fsp3) is 0.545. The molecule has 0 aliphatic carbocycles. The third-order valence-corrected chi connectivity index (χ3v) is 5.43. The number of imidazole rings is 1. The highest BCUT2D eigenvalue weighted by Gasteiger charge is 2.52. The van der Waals surface area contributed by atoms with Crippen LogP contribution in [0.2, 0.25) is 0 Å². The number of anilines is 1. The van der Waals surface area contributed by atoms with Crippen molar-refractivity contribution in [2.75, 3.05) is 12.3 Å². The van der Waals surface area contributed by atoms with Crippen LogP contribution in [0.1, 0.15) is 12.3 Å². The van der Waals surface area contributed by atoms with Gasteiger partial charge in [0.25, 0.3) is 5.56 Å². The van der Waals surface area contributed by atoms with Crippen LogP contribution in [0.4, 0.5) is 5.95 Å². The van der Waals surface area contributed by atoms with Crippen LogP contribution in [0.3, 0.4) is 0 Å². The molecule has 2 aromatic rings. The first kappa shape index (κ1) is 14.3. The number of nitrogens with two attached hydrogens (primary N) is 1. The summed E-state index contributed by atoms with van der Waals surface area (Å²) < 4.78 is 1.49. The maximum Gasteiger partial charge on any atom is 0.280 e. The monoisotopic (exact) mass is 313 g/mol. The van der Waals surface area contributed by atoms with E-state index in [1.165, 1.54) is 29.6 Å². The van der Waals surface area contributed by atoms with E-state index in [0.717, 1.165) is 0 Å². The number of aromatic nitrogens is 4. The molecule has 0 spiro atoms. The number of hydrogen-bond acceptors (Lipinski definition) is 8. The zero-order valence-electron chi connectivity index (χ0n) is 11.1. The lowest BCUT2D eigenvalue weighted by atomic mass is 9.95. The predicted octanol–water partition coefficient (Wildman–Crippen LogP) is -1.58. The second-order valence-corrected chi connectivity index (χ2v) is 6.47. The first-order valence-electron chi connectivity index (χ1n) is 6.25. The zero-order valence-corrected chi connectivity index (χ0v) is 11.9. The Morgan fingerprint density at radius 1 is 1.62 bits per heavy atom. The number of rotatable bonds is 2. The van der Waals surface area contributed by atoms with E-state index in [4.69, 9.17) is 5.73 Å². The third-order valence-electron chi connectivity index (χ3n) is 3.72. The molecule has 0 amide bonds. The molecule has 114 valence electrons. The largest absolute Gasteiger partial charge is 0.395 e. The molecule has 6 N–H and O–H groups in total. The number of H-pyrrole nitrogens is 1. The molecule has 9 nitrogen and oxygen atoms in total. The van der Waals surface area contributed by atoms with Crippen LogP contribution >= 0.6 is 11.8 Å². The topological polar surface area (TPSA) is 150 Å². The van der Waals surface area contributed by atoms with Gasteiger partial charge in [0.1, 0.15) is 17.1 Å². The van der Waals surface area contributed by atoms with E-state index < -0.39 is 27.9 Å². The van der Waals surface area contributed by atoms with Crippen LogP contribution in [-0.2, 0) is 0 Å². The summed E-state index contributed by atoms with van der Waals surface area (Å²) in [5, 5.41) is 28.7. The first-order chi connectivity index (χ1) is 9.86. The summed E-state index contributed by atoms with van der Waals surface area (Å²) in [5.41, 5.74) is 3.91. The van der Waals surface area contributed by atoms with Gasteiger partial charge in [-0.2, -0.15) is 4.98 Å². The molecule has 1 fully saturated rings. The highest BCUT2D eigenvalue weighted by atomic mass is 32.2.